The Bertz CT molecular complexity index is 473. The van der Waals surface area contributed by atoms with Crippen LogP contribution in [-0.4, -0.2) is 59.1 Å². The number of amides is 2. The van der Waals surface area contributed by atoms with Crippen LogP contribution in [0.5, 0.6) is 0 Å². The van der Waals surface area contributed by atoms with E-state index in [1.807, 2.05) is 0 Å². The molecule has 1 N–H and O–H groups in total. The van der Waals surface area contributed by atoms with E-state index in [9.17, 15) is 14.4 Å². The van der Waals surface area contributed by atoms with Gasteiger partial charge in [0, 0.05) is 33.1 Å². The Hall–Kier alpha value is -2.11. The van der Waals surface area contributed by atoms with Crippen LogP contribution in [0.3, 0.4) is 0 Å². The lowest BCUT2D eigenvalue weighted by atomic mass is 10.3. The zero-order chi connectivity index (χ0) is 13.1. The van der Waals surface area contributed by atoms with Gasteiger partial charge in [0.25, 0.3) is 5.91 Å². The van der Waals surface area contributed by atoms with Crippen LogP contribution < -0.4 is 0 Å². The predicted octanol–water partition coefficient (Wildman–Crippen LogP) is 0.132. The van der Waals surface area contributed by atoms with Gasteiger partial charge in [0.15, 0.2) is 5.78 Å². The quantitative estimate of drug-likeness (QED) is 0.611. The van der Waals surface area contributed by atoms with Crippen molar-refractivity contribution in [1.82, 2.24) is 14.8 Å². The Morgan fingerprint density at radius 3 is 2.28 bits per heavy atom. The number of nitrogens with one attached hydrogen (secondary N) is 1. The van der Waals surface area contributed by atoms with Gasteiger partial charge in [-0.1, -0.05) is 0 Å². The van der Waals surface area contributed by atoms with Crippen LogP contribution in [-0.2, 0) is 4.79 Å². The van der Waals surface area contributed by atoms with Crippen LogP contribution in [0.25, 0.3) is 0 Å². The fourth-order valence-corrected chi connectivity index (χ4v) is 1.93. The standard InChI is InChI=1S/C12H15N3O3/c1-9(17)10-2-3-11(13-10)12(18)15-6-4-14(8-16)5-7-15/h2-3,8,13H,4-7H2,1H3. The van der Waals surface area contributed by atoms with E-state index in [-0.39, 0.29) is 11.7 Å². The summed E-state index contributed by atoms with van der Waals surface area (Å²) in [6.07, 6.45) is 0.796. The average Bonchev–Trinajstić information content (AvgIpc) is 2.88. The number of hydrogen-bond acceptors (Lipinski definition) is 3. The fourth-order valence-electron chi connectivity index (χ4n) is 1.93. The Kier molecular flexibility index (Phi) is 3.45. The number of Topliss-reactive ketones (excluding diaryl/α,β-unsaturated/α-hetero) is 1. The first kappa shape index (κ1) is 12.3. The van der Waals surface area contributed by atoms with Crippen molar-refractivity contribution in [2.75, 3.05) is 26.2 Å². The second-order valence-corrected chi connectivity index (χ2v) is 4.28. The number of H-pyrrole nitrogens is 1. The van der Waals surface area contributed by atoms with Crippen molar-refractivity contribution < 1.29 is 14.4 Å². The second kappa shape index (κ2) is 5.03. The third-order valence-corrected chi connectivity index (χ3v) is 3.05. The summed E-state index contributed by atoms with van der Waals surface area (Å²) in [7, 11) is 0. The average molecular weight is 249 g/mol. The smallest absolute Gasteiger partial charge is 0.270 e. The molecule has 6 nitrogen and oxygen atoms in total. The molecule has 1 saturated heterocycles. The van der Waals surface area contributed by atoms with Crippen molar-refractivity contribution in [3.05, 3.63) is 23.5 Å². The molecule has 6 heteroatoms. The molecule has 0 aromatic carbocycles. The summed E-state index contributed by atoms with van der Waals surface area (Å²) in [6.45, 7) is 3.59. The molecule has 1 aromatic heterocycles. The third-order valence-electron chi connectivity index (χ3n) is 3.05. The molecule has 18 heavy (non-hydrogen) atoms. The summed E-state index contributed by atoms with van der Waals surface area (Å²) in [5.74, 6) is -0.229. The zero-order valence-corrected chi connectivity index (χ0v) is 10.2. The lowest BCUT2D eigenvalue weighted by Crippen LogP contribution is -2.48. The minimum Gasteiger partial charge on any atom is -0.348 e. The molecular formula is C12H15N3O3. The fraction of sp³-hybridized carbons (Fsp3) is 0.417. The molecule has 0 bridgehead atoms. The van der Waals surface area contributed by atoms with E-state index in [1.54, 1.807) is 21.9 Å². The summed E-state index contributed by atoms with van der Waals surface area (Å²) in [5.41, 5.74) is 0.852. The molecule has 1 aliphatic rings. The van der Waals surface area contributed by atoms with Gasteiger partial charge in [-0.15, -0.1) is 0 Å². The van der Waals surface area contributed by atoms with Crippen LogP contribution in [0.4, 0.5) is 0 Å². The molecule has 0 radical (unpaired) electrons. The number of aromatic nitrogens is 1. The van der Waals surface area contributed by atoms with Crippen LogP contribution in [0.2, 0.25) is 0 Å². The topological polar surface area (TPSA) is 73.5 Å². The number of hydrogen-bond donors (Lipinski definition) is 1. The molecule has 96 valence electrons. The lowest BCUT2D eigenvalue weighted by Gasteiger charge is -2.32. The molecule has 0 aliphatic carbocycles. The van der Waals surface area contributed by atoms with E-state index < -0.39 is 0 Å². The van der Waals surface area contributed by atoms with Gasteiger partial charge in [0.05, 0.1) is 5.69 Å². The maximum absolute atomic E-state index is 12.1. The first-order valence-corrected chi connectivity index (χ1v) is 5.80. The van der Waals surface area contributed by atoms with Gasteiger partial charge in [0.2, 0.25) is 6.41 Å². The van der Waals surface area contributed by atoms with E-state index in [2.05, 4.69) is 4.98 Å². The van der Waals surface area contributed by atoms with Gasteiger partial charge in [-0.3, -0.25) is 14.4 Å². The summed E-state index contributed by atoms with van der Waals surface area (Å²) in [4.78, 5) is 39.9. The molecule has 0 spiro atoms. The van der Waals surface area contributed by atoms with E-state index in [1.165, 1.54) is 6.92 Å². The summed E-state index contributed by atoms with van der Waals surface area (Å²) in [6, 6.07) is 3.22. The highest BCUT2D eigenvalue weighted by molar-refractivity contribution is 5.97. The van der Waals surface area contributed by atoms with E-state index in [0.29, 0.717) is 37.6 Å². The maximum atomic E-state index is 12.1. The van der Waals surface area contributed by atoms with Gasteiger partial charge in [-0.25, -0.2) is 0 Å². The number of nitrogens with zero attached hydrogens (tertiary/aromatic N) is 2. The zero-order valence-electron chi connectivity index (χ0n) is 10.2. The van der Waals surface area contributed by atoms with Crippen molar-refractivity contribution in [2.24, 2.45) is 0 Å². The molecular weight excluding hydrogens is 234 g/mol. The highest BCUT2D eigenvalue weighted by Crippen LogP contribution is 2.09. The Labute approximate surface area is 105 Å². The van der Waals surface area contributed by atoms with Crippen LogP contribution in [0.15, 0.2) is 12.1 Å². The van der Waals surface area contributed by atoms with Gasteiger partial charge in [-0.05, 0) is 12.1 Å². The molecule has 2 amide bonds. The van der Waals surface area contributed by atoms with Gasteiger partial charge >= 0.3 is 0 Å². The van der Waals surface area contributed by atoms with Crippen LogP contribution >= 0.6 is 0 Å². The van der Waals surface area contributed by atoms with Crippen molar-refractivity contribution in [3.8, 4) is 0 Å². The first-order valence-electron chi connectivity index (χ1n) is 5.80. The lowest BCUT2D eigenvalue weighted by molar-refractivity contribution is -0.119. The van der Waals surface area contributed by atoms with Crippen LogP contribution in [0, 0.1) is 0 Å². The predicted molar refractivity (Wildman–Crippen MR) is 64.3 cm³/mol. The van der Waals surface area contributed by atoms with Crippen LogP contribution in [0.1, 0.15) is 27.9 Å². The van der Waals surface area contributed by atoms with Crippen molar-refractivity contribution in [1.29, 1.82) is 0 Å². The Morgan fingerprint density at radius 2 is 1.78 bits per heavy atom. The van der Waals surface area contributed by atoms with E-state index in [4.69, 9.17) is 0 Å². The van der Waals surface area contributed by atoms with Gasteiger partial charge in [0.1, 0.15) is 5.69 Å². The SMILES string of the molecule is CC(=O)c1ccc(C(=O)N2CCN(C=O)CC2)[nH]1. The van der Waals surface area contributed by atoms with E-state index >= 15 is 0 Å². The highest BCUT2D eigenvalue weighted by Gasteiger charge is 2.22. The normalized spacial score (nSPS) is 15.6. The molecule has 2 heterocycles. The minimum atomic E-state index is -0.131. The van der Waals surface area contributed by atoms with Crippen molar-refractivity contribution in [2.45, 2.75) is 6.92 Å². The molecule has 0 saturated carbocycles. The monoisotopic (exact) mass is 249 g/mol. The summed E-state index contributed by atoms with van der Waals surface area (Å²) in [5, 5.41) is 0. The van der Waals surface area contributed by atoms with Gasteiger partial charge < -0.3 is 14.8 Å². The third kappa shape index (κ3) is 2.42. The van der Waals surface area contributed by atoms with Gasteiger partial charge in [-0.2, -0.15) is 0 Å². The number of rotatable bonds is 3. The number of carbonyl (C=O) groups excluding carboxylic acids is 3. The molecule has 1 aliphatic heterocycles. The highest BCUT2D eigenvalue weighted by atomic mass is 16.2. The largest absolute Gasteiger partial charge is 0.348 e. The number of piperazine rings is 1. The van der Waals surface area contributed by atoms with Crippen molar-refractivity contribution >= 4 is 18.1 Å². The van der Waals surface area contributed by atoms with E-state index in [0.717, 1.165) is 6.41 Å². The second-order valence-electron chi connectivity index (χ2n) is 4.28. The van der Waals surface area contributed by atoms with Crippen molar-refractivity contribution in [3.63, 3.8) is 0 Å². The first-order chi connectivity index (χ1) is 8.61. The number of aromatic amines is 1. The Morgan fingerprint density at radius 1 is 1.17 bits per heavy atom. The molecule has 0 atom stereocenters. The molecule has 2 rings (SSSR count). The number of carbonyl (C=O) groups is 3. The maximum Gasteiger partial charge on any atom is 0.270 e. The molecule has 0 unspecified atom stereocenters. The Balaban J connectivity index is 2.03. The summed E-state index contributed by atoms with van der Waals surface area (Å²) < 4.78 is 0. The minimum absolute atomic E-state index is 0.0974. The number of ketones is 1. The summed E-state index contributed by atoms with van der Waals surface area (Å²) >= 11 is 0. The molecule has 1 fully saturated rings. The molecule has 1 aromatic rings.